The molecule has 0 unspecified atom stereocenters. The largest absolute Gasteiger partial charge is 0.351 e. The Labute approximate surface area is 78.7 Å². The molecule has 0 N–H and O–H groups in total. The van der Waals surface area contributed by atoms with Crippen molar-refractivity contribution < 1.29 is 0 Å². The zero-order valence-corrected chi connectivity index (χ0v) is 8.20. The molecule has 13 heavy (non-hydrogen) atoms. The van der Waals surface area contributed by atoms with Crippen LogP contribution in [0.4, 0.5) is 5.82 Å². The molecule has 1 aliphatic rings. The third-order valence-corrected chi connectivity index (χ3v) is 2.48. The lowest BCUT2D eigenvalue weighted by atomic mass is 10.2. The van der Waals surface area contributed by atoms with Gasteiger partial charge in [-0.2, -0.15) is 5.10 Å². The van der Waals surface area contributed by atoms with E-state index in [2.05, 4.69) is 35.1 Å². The van der Waals surface area contributed by atoms with Gasteiger partial charge in [0.05, 0.1) is 0 Å². The lowest BCUT2D eigenvalue weighted by Crippen LogP contribution is -2.27. The molecule has 0 fully saturated rings. The molecular weight excluding hydrogens is 162 g/mol. The first-order valence-corrected chi connectivity index (χ1v) is 4.68. The van der Waals surface area contributed by atoms with E-state index in [1.165, 1.54) is 5.69 Å². The Hall–Kier alpha value is -1.25. The van der Waals surface area contributed by atoms with Crippen molar-refractivity contribution in [3.05, 3.63) is 23.9 Å². The predicted molar refractivity (Wildman–Crippen MR) is 53.9 cm³/mol. The summed E-state index contributed by atoms with van der Waals surface area (Å²) in [6.07, 6.45) is 5.56. The third kappa shape index (κ3) is 1.59. The van der Waals surface area contributed by atoms with Crippen molar-refractivity contribution in [2.75, 3.05) is 18.0 Å². The number of aromatic nitrogens is 2. The monoisotopic (exact) mass is 177 g/mol. The molecule has 1 aromatic heterocycles. The van der Waals surface area contributed by atoms with E-state index in [0.717, 1.165) is 25.3 Å². The van der Waals surface area contributed by atoms with Crippen molar-refractivity contribution in [3.63, 3.8) is 0 Å². The summed E-state index contributed by atoms with van der Waals surface area (Å²) < 4.78 is 1.92. The zero-order chi connectivity index (χ0) is 9.26. The molecule has 0 saturated carbocycles. The van der Waals surface area contributed by atoms with E-state index in [-0.39, 0.29) is 0 Å². The van der Waals surface area contributed by atoms with Gasteiger partial charge in [0, 0.05) is 31.9 Å². The average molecular weight is 177 g/mol. The Morgan fingerprint density at radius 2 is 2.23 bits per heavy atom. The molecule has 0 radical (unpaired) electrons. The van der Waals surface area contributed by atoms with Crippen LogP contribution >= 0.6 is 0 Å². The Morgan fingerprint density at radius 1 is 1.38 bits per heavy atom. The molecule has 2 rings (SSSR count). The van der Waals surface area contributed by atoms with E-state index in [1.807, 2.05) is 11.7 Å². The summed E-state index contributed by atoms with van der Waals surface area (Å²) in [4.78, 5) is 2.30. The second kappa shape index (κ2) is 3.24. The number of aryl methyl sites for hydroxylation is 2. The summed E-state index contributed by atoms with van der Waals surface area (Å²) in [5, 5.41) is 4.44. The lowest BCUT2D eigenvalue weighted by molar-refractivity contribution is 0.719. The minimum absolute atomic E-state index is 0.996. The summed E-state index contributed by atoms with van der Waals surface area (Å²) in [7, 11) is 1.98. The van der Waals surface area contributed by atoms with Crippen LogP contribution < -0.4 is 4.90 Å². The Bertz CT molecular complexity index is 305. The summed E-state index contributed by atoms with van der Waals surface area (Å²) in [6.45, 7) is 4.17. The van der Waals surface area contributed by atoms with Gasteiger partial charge in [0.25, 0.3) is 0 Å². The maximum absolute atomic E-state index is 4.44. The number of rotatable bonds is 1. The molecule has 0 spiro atoms. The predicted octanol–water partition coefficient (Wildman–Crippen LogP) is 1.49. The third-order valence-electron chi connectivity index (χ3n) is 2.48. The minimum Gasteiger partial charge on any atom is -0.351 e. The first-order valence-electron chi connectivity index (χ1n) is 4.68. The zero-order valence-electron chi connectivity index (χ0n) is 8.20. The van der Waals surface area contributed by atoms with Gasteiger partial charge in [-0.1, -0.05) is 12.2 Å². The Morgan fingerprint density at radius 3 is 2.77 bits per heavy atom. The highest BCUT2D eigenvalue weighted by Gasteiger charge is 2.10. The van der Waals surface area contributed by atoms with Gasteiger partial charge in [-0.05, 0) is 13.3 Å². The Kier molecular flexibility index (Phi) is 2.08. The van der Waals surface area contributed by atoms with Crippen LogP contribution in [0.1, 0.15) is 12.1 Å². The number of nitrogens with zero attached hydrogens (tertiary/aromatic N) is 3. The highest BCUT2D eigenvalue weighted by atomic mass is 15.3. The molecule has 3 heteroatoms. The van der Waals surface area contributed by atoms with Gasteiger partial charge in [-0.25, -0.2) is 0 Å². The molecule has 0 atom stereocenters. The van der Waals surface area contributed by atoms with E-state index in [0.29, 0.717) is 0 Å². The fourth-order valence-electron chi connectivity index (χ4n) is 1.55. The van der Waals surface area contributed by atoms with Crippen LogP contribution in [-0.4, -0.2) is 22.9 Å². The smallest absolute Gasteiger partial charge is 0.151 e. The molecule has 2 heterocycles. The average Bonchev–Trinajstić information content (AvgIpc) is 2.49. The number of hydrogen-bond acceptors (Lipinski definition) is 2. The summed E-state index contributed by atoms with van der Waals surface area (Å²) >= 11 is 0. The van der Waals surface area contributed by atoms with Gasteiger partial charge in [0.2, 0.25) is 0 Å². The second-order valence-corrected chi connectivity index (χ2v) is 3.47. The van der Waals surface area contributed by atoms with E-state index < -0.39 is 0 Å². The fraction of sp³-hybridized carbons (Fsp3) is 0.500. The highest BCUT2D eigenvalue weighted by Crippen LogP contribution is 2.15. The minimum atomic E-state index is 0.996. The van der Waals surface area contributed by atoms with Crippen molar-refractivity contribution in [2.45, 2.75) is 13.3 Å². The maximum atomic E-state index is 4.44. The molecule has 0 amide bonds. The van der Waals surface area contributed by atoms with Gasteiger partial charge >= 0.3 is 0 Å². The highest BCUT2D eigenvalue weighted by molar-refractivity contribution is 5.41. The van der Waals surface area contributed by atoms with Crippen LogP contribution in [0.2, 0.25) is 0 Å². The summed E-state index contributed by atoms with van der Waals surface area (Å²) in [5.41, 5.74) is 1.21. The first-order chi connectivity index (χ1) is 6.27. The van der Waals surface area contributed by atoms with E-state index in [1.54, 1.807) is 0 Å². The summed E-state index contributed by atoms with van der Waals surface area (Å²) in [6, 6.07) is 2.14. The summed E-state index contributed by atoms with van der Waals surface area (Å²) in [5.74, 6) is 1.10. The SMILES string of the molecule is Cc1cc(N2CC=CCC2)nn1C. The molecule has 0 saturated heterocycles. The van der Waals surface area contributed by atoms with Crippen molar-refractivity contribution in [2.24, 2.45) is 7.05 Å². The van der Waals surface area contributed by atoms with Crippen molar-refractivity contribution in [1.82, 2.24) is 9.78 Å². The van der Waals surface area contributed by atoms with Gasteiger partial charge in [-0.3, -0.25) is 4.68 Å². The number of anilines is 1. The van der Waals surface area contributed by atoms with Crippen LogP contribution in [0.5, 0.6) is 0 Å². The topological polar surface area (TPSA) is 21.1 Å². The van der Waals surface area contributed by atoms with Crippen LogP contribution in [0, 0.1) is 6.92 Å². The second-order valence-electron chi connectivity index (χ2n) is 3.47. The Balaban J connectivity index is 2.20. The van der Waals surface area contributed by atoms with Crippen LogP contribution in [0.3, 0.4) is 0 Å². The van der Waals surface area contributed by atoms with Gasteiger partial charge in [0.1, 0.15) is 0 Å². The van der Waals surface area contributed by atoms with Crippen molar-refractivity contribution in [3.8, 4) is 0 Å². The molecular formula is C10H15N3. The van der Waals surface area contributed by atoms with Crippen LogP contribution in [-0.2, 0) is 7.05 Å². The van der Waals surface area contributed by atoms with E-state index >= 15 is 0 Å². The fourth-order valence-corrected chi connectivity index (χ4v) is 1.55. The normalized spacial score (nSPS) is 16.6. The maximum Gasteiger partial charge on any atom is 0.151 e. The number of hydrogen-bond donors (Lipinski definition) is 0. The molecule has 0 bridgehead atoms. The first kappa shape index (κ1) is 8.35. The molecule has 1 aliphatic heterocycles. The van der Waals surface area contributed by atoms with Gasteiger partial charge < -0.3 is 4.90 Å². The lowest BCUT2D eigenvalue weighted by Gasteiger charge is -2.22. The van der Waals surface area contributed by atoms with E-state index in [4.69, 9.17) is 0 Å². The van der Waals surface area contributed by atoms with E-state index in [9.17, 15) is 0 Å². The molecule has 70 valence electrons. The quantitative estimate of drug-likeness (QED) is 0.606. The standard InChI is InChI=1S/C10H15N3/c1-9-8-10(11-12(9)2)13-6-4-3-5-7-13/h3-4,8H,5-7H2,1-2H3. The van der Waals surface area contributed by atoms with Gasteiger partial charge in [0.15, 0.2) is 5.82 Å². The van der Waals surface area contributed by atoms with Crippen molar-refractivity contribution in [1.29, 1.82) is 0 Å². The van der Waals surface area contributed by atoms with Crippen LogP contribution in [0.15, 0.2) is 18.2 Å². The van der Waals surface area contributed by atoms with Crippen molar-refractivity contribution >= 4 is 5.82 Å². The molecule has 1 aromatic rings. The molecule has 0 aromatic carbocycles. The molecule has 3 nitrogen and oxygen atoms in total. The van der Waals surface area contributed by atoms with Crippen LogP contribution in [0.25, 0.3) is 0 Å². The van der Waals surface area contributed by atoms with Gasteiger partial charge in [-0.15, -0.1) is 0 Å². The molecule has 0 aliphatic carbocycles.